The summed E-state index contributed by atoms with van der Waals surface area (Å²) in [6, 6.07) is 5.99. The maximum atomic E-state index is 10.8. The van der Waals surface area contributed by atoms with E-state index in [0.29, 0.717) is 16.7 Å². The molecule has 0 spiro atoms. The van der Waals surface area contributed by atoms with Crippen LogP contribution in [0.3, 0.4) is 0 Å². The number of carboxylic acids is 3. The maximum absolute atomic E-state index is 10.8. The fourth-order valence-electron chi connectivity index (χ4n) is 4.57. The molecule has 40 heavy (non-hydrogen) atoms. The second-order valence-electron chi connectivity index (χ2n) is 10.3. The van der Waals surface area contributed by atoms with Crippen LogP contribution in [-0.2, 0) is 0 Å². The van der Waals surface area contributed by atoms with Crippen LogP contribution in [-0.4, -0.2) is 43.8 Å². The Balaban J connectivity index is 0.000000563. The van der Waals surface area contributed by atoms with Crippen LogP contribution in [0.25, 0.3) is 0 Å². The summed E-state index contributed by atoms with van der Waals surface area (Å²) in [5.74, 6) is -3.24. The Morgan fingerprint density at radius 2 is 0.500 bits per heavy atom. The van der Waals surface area contributed by atoms with E-state index < -0.39 is 17.9 Å². The van der Waals surface area contributed by atoms with Crippen molar-refractivity contribution in [3.8, 4) is 0 Å². The number of benzene rings is 3. The molecule has 6 nitrogen and oxygen atoms in total. The first-order chi connectivity index (χ1) is 17.8. The van der Waals surface area contributed by atoms with Crippen LogP contribution in [0.2, 0.25) is 0 Å². The molecule has 3 aromatic rings. The van der Waals surface area contributed by atoms with Gasteiger partial charge in [-0.2, -0.15) is 0 Å². The second kappa shape index (κ2) is 15.1. The molecule has 0 fully saturated rings. The Kier molecular flexibility index (Phi) is 13.9. The molecule has 0 saturated carbocycles. The van der Waals surface area contributed by atoms with Crippen molar-refractivity contribution in [1.29, 1.82) is 0 Å². The number of carboxylic acid groups (broad SMARTS) is 3. The number of carbonyl (C=O) groups is 3. The molecule has 0 aliphatic carbocycles. The topological polar surface area (TPSA) is 120 Å². The van der Waals surface area contributed by atoms with E-state index in [0.717, 1.165) is 66.8 Å². The van der Waals surface area contributed by atoms with Crippen LogP contribution in [0.5, 0.6) is 0 Å². The molecule has 0 unspecified atom stereocenters. The van der Waals surface area contributed by atoms with Crippen LogP contribution in [0, 0.1) is 83.1 Å². The summed E-state index contributed by atoms with van der Waals surface area (Å²) in [5, 5.41) is 32.5. The minimum Gasteiger partial charge on any atom is -0.545 e. The van der Waals surface area contributed by atoms with E-state index >= 15 is 0 Å². The van der Waals surface area contributed by atoms with Crippen molar-refractivity contribution in [2.45, 2.75) is 83.1 Å². The number of hydrogen-bond acceptors (Lipinski definition) is 6. The summed E-state index contributed by atoms with van der Waals surface area (Å²) in [5.41, 5.74) is 11.9. The van der Waals surface area contributed by atoms with Crippen LogP contribution < -0.4 is 15.3 Å². The average Bonchev–Trinajstić information content (AvgIpc) is 2.81. The Morgan fingerprint density at radius 1 is 0.375 bits per heavy atom. The summed E-state index contributed by atoms with van der Waals surface area (Å²) >= 11 is 0. The third kappa shape index (κ3) is 8.47. The maximum Gasteiger partial charge on any atom is 3.00 e. The van der Waals surface area contributed by atoms with Gasteiger partial charge >= 0.3 is 25.8 Å². The van der Waals surface area contributed by atoms with Gasteiger partial charge in [0.1, 0.15) is 0 Å². The van der Waals surface area contributed by atoms with E-state index in [1.807, 2.05) is 101 Å². The first-order valence-electron chi connectivity index (χ1n) is 12.7. The number of rotatable bonds is 3. The SMILES string of the molecule is Cc1cc(C)c(C)c(C(=O)[O-])c1C.Cc1cc(C)c(C)c(C(=O)[O-])c1C.Cc1cc(C)c(C)c(C(=O)[O-])c1C.[In+3]. The van der Waals surface area contributed by atoms with Gasteiger partial charge < -0.3 is 29.7 Å². The summed E-state index contributed by atoms with van der Waals surface area (Å²) in [6.45, 7) is 22.3. The van der Waals surface area contributed by atoms with Gasteiger partial charge in [0.05, 0.1) is 17.9 Å². The smallest absolute Gasteiger partial charge is 0.545 e. The van der Waals surface area contributed by atoms with Crippen molar-refractivity contribution in [2.75, 3.05) is 0 Å². The van der Waals surface area contributed by atoms with E-state index in [-0.39, 0.29) is 25.8 Å². The molecule has 0 atom stereocenters. The van der Waals surface area contributed by atoms with Crippen molar-refractivity contribution in [3.63, 3.8) is 0 Å². The summed E-state index contributed by atoms with van der Waals surface area (Å²) in [7, 11) is 0. The Labute approximate surface area is 257 Å². The van der Waals surface area contributed by atoms with Crippen LogP contribution in [0.15, 0.2) is 18.2 Å². The zero-order chi connectivity index (χ0) is 30.5. The van der Waals surface area contributed by atoms with Crippen molar-refractivity contribution in [3.05, 3.63) is 102 Å². The molecule has 0 saturated heterocycles. The molecule has 0 aliphatic rings. The van der Waals surface area contributed by atoms with Crippen molar-refractivity contribution in [2.24, 2.45) is 0 Å². The monoisotopic (exact) mass is 646 g/mol. The minimum atomic E-state index is -1.08. The van der Waals surface area contributed by atoms with Gasteiger partial charge in [-0.1, -0.05) is 18.2 Å². The van der Waals surface area contributed by atoms with E-state index in [9.17, 15) is 29.7 Å². The van der Waals surface area contributed by atoms with E-state index in [4.69, 9.17) is 0 Å². The predicted octanol–water partition coefficient (Wildman–Crippen LogP) is 3.47. The molecule has 0 heterocycles. The van der Waals surface area contributed by atoms with Crippen LogP contribution in [0.1, 0.15) is 97.8 Å². The number of hydrogen-bond donors (Lipinski definition) is 0. The first-order valence-corrected chi connectivity index (χ1v) is 12.7. The van der Waals surface area contributed by atoms with E-state index in [1.54, 1.807) is 0 Å². The normalized spacial score (nSPS) is 9.90. The van der Waals surface area contributed by atoms with Crippen LogP contribution >= 0.6 is 0 Å². The third-order valence-corrected chi connectivity index (χ3v) is 7.71. The van der Waals surface area contributed by atoms with Crippen molar-refractivity contribution >= 4 is 43.8 Å². The summed E-state index contributed by atoms with van der Waals surface area (Å²) in [4.78, 5) is 32.5. The van der Waals surface area contributed by atoms with Crippen molar-refractivity contribution in [1.82, 2.24) is 0 Å². The molecule has 0 amide bonds. The molecular weight excluding hydrogens is 607 g/mol. The van der Waals surface area contributed by atoms with Gasteiger partial charge in [-0.3, -0.25) is 0 Å². The summed E-state index contributed by atoms with van der Waals surface area (Å²) < 4.78 is 0. The Morgan fingerprint density at radius 3 is 0.600 bits per heavy atom. The molecule has 7 heteroatoms. The fourth-order valence-corrected chi connectivity index (χ4v) is 4.57. The Bertz CT molecular complexity index is 1200. The molecule has 3 rings (SSSR count). The molecule has 3 aromatic carbocycles. The minimum absolute atomic E-state index is 0. The third-order valence-electron chi connectivity index (χ3n) is 7.71. The zero-order valence-electron chi connectivity index (χ0n) is 25.8. The Hall–Kier alpha value is -3.06. The predicted molar refractivity (Wildman–Crippen MR) is 155 cm³/mol. The van der Waals surface area contributed by atoms with E-state index in [1.165, 1.54) is 0 Å². The molecule has 0 aromatic heterocycles. The van der Waals surface area contributed by atoms with Gasteiger partial charge in [0.2, 0.25) is 0 Å². The van der Waals surface area contributed by atoms with Gasteiger partial charge in [-0.05, 0) is 150 Å². The van der Waals surface area contributed by atoms with Crippen molar-refractivity contribution < 1.29 is 29.7 Å². The molecule has 0 radical (unpaired) electrons. The van der Waals surface area contributed by atoms with Gasteiger partial charge in [-0.25, -0.2) is 0 Å². The first kappa shape index (κ1) is 36.9. The molecule has 0 aliphatic heterocycles. The number of carbonyl (C=O) groups excluding carboxylic acids is 3. The standard InChI is InChI=1S/3C11H14O2.In/c3*1-6-5-7(2)9(4)10(8(6)3)11(12)13;/h3*5H,1-4H3,(H,12,13);/q;;;+3/p-3. The van der Waals surface area contributed by atoms with E-state index in [2.05, 4.69) is 0 Å². The number of aromatic carboxylic acids is 3. The quantitative estimate of drug-likeness (QED) is 0.430. The van der Waals surface area contributed by atoms with Crippen LogP contribution in [0.4, 0.5) is 0 Å². The van der Waals surface area contributed by atoms with Gasteiger partial charge in [0, 0.05) is 16.7 Å². The van der Waals surface area contributed by atoms with Gasteiger partial charge in [0.25, 0.3) is 0 Å². The number of aryl methyl sites for hydroxylation is 6. The molecule has 210 valence electrons. The van der Waals surface area contributed by atoms with Gasteiger partial charge in [0.15, 0.2) is 0 Å². The second-order valence-corrected chi connectivity index (χ2v) is 10.3. The molecular formula is C33H39InO6. The fraction of sp³-hybridized carbons (Fsp3) is 0.364. The van der Waals surface area contributed by atoms with Gasteiger partial charge in [-0.15, -0.1) is 0 Å². The average molecular weight is 646 g/mol. The largest absolute Gasteiger partial charge is 3.00 e. The molecule has 0 N–H and O–H groups in total. The zero-order valence-corrected chi connectivity index (χ0v) is 29.1. The molecule has 0 bridgehead atoms. The summed E-state index contributed by atoms with van der Waals surface area (Å²) in [6.07, 6.45) is 0.